The second-order valence-corrected chi connectivity index (χ2v) is 7.70. The minimum absolute atomic E-state index is 0.123. The molecule has 2 rings (SSSR count). The smallest absolute Gasteiger partial charge is 0.261 e. The van der Waals surface area contributed by atoms with Crippen molar-refractivity contribution in [2.45, 2.75) is 40.3 Å². The van der Waals surface area contributed by atoms with Crippen molar-refractivity contribution in [3.63, 3.8) is 0 Å². The van der Waals surface area contributed by atoms with E-state index in [1.54, 1.807) is 11.8 Å². The Kier molecular flexibility index (Phi) is 8.05. The number of nitrogens with zero attached hydrogens (tertiary/aromatic N) is 1. The van der Waals surface area contributed by atoms with Crippen molar-refractivity contribution < 1.29 is 14.3 Å². The van der Waals surface area contributed by atoms with E-state index in [9.17, 15) is 9.59 Å². The number of benzene rings is 2. The minimum atomic E-state index is -0.603. The molecule has 5 nitrogen and oxygen atoms in total. The molecule has 0 heterocycles. The van der Waals surface area contributed by atoms with E-state index in [-0.39, 0.29) is 18.4 Å². The molecule has 2 aromatic carbocycles. The Balaban J connectivity index is 2.17. The zero-order chi connectivity index (χ0) is 20.7. The number of nitrogens with one attached hydrogen (secondary N) is 1. The number of aryl methyl sites for hydroxylation is 2. The van der Waals surface area contributed by atoms with E-state index in [4.69, 9.17) is 4.74 Å². The molecule has 0 saturated carbocycles. The van der Waals surface area contributed by atoms with Gasteiger partial charge in [0.15, 0.2) is 6.61 Å². The van der Waals surface area contributed by atoms with Gasteiger partial charge in [-0.15, -0.1) is 0 Å². The molecule has 1 unspecified atom stereocenters. The van der Waals surface area contributed by atoms with Gasteiger partial charge >= 0.3 is 0 Å². The van der Waals surface area contributed by atoms with Gasteiger partial charge in [0.25, 0.3) is 5.91 Å². The van der Waals surface area contributed by atoms with Gasteiger partial charge in [-0.1, -0.05) is 40.2 Å². The zero-order valence-corrected chi connectivity index (χ0v) is 18.4. The van der Waals surface area contributed by atoms with Crippen molar-refractivity contribution in [1.29, 1.82) is 0 Å². The highest BCUT2D eigenvalue weighted by Crippen LogP contribution is 2.20. The molecule has 6 heteroatoms. The van der Waals surface area contributed by atoms with E-state index in [0.29, 0.717) is 18.8 Å². The SMILES string of the molecule is CCNC(=O)C(C)N(Cc1cccc(Br)c1)C(=O)COc1cc(C)ccc1C. The predicted molar refractivity (Wildman–Crippen MR) is 114 cm³/mol. The summed E-state index contributed by atoms with van der Waals surface area (Å²) in [6.07, 6.45) is 0. The minimum Gasteiger partial charge on any atom is -0.483 e. The molecule has 28 heavy (non-hydrogen) atoms. The highest BCUT2D eigenvalue weighted by atomic mass is 79.9. The van der Waals surface area contributed by atoms with Crippen LogP contribution in [-0.4, -0.2) is 35.9 Å². The van der Waals surface area contributed by atoms with Crippen LogP contribution >= 0.6 is 15.9 Å². The monoisotopic (exact) mass is 446 g/mol. The lowest BCUT2D eigenvalue weighted by atomic mass is 10.1. The summed E-state index contributed by atoms with van der Waals surface area (Å²) in [5.41, 5.74) is 2.97. The number of halogens is 1. The highest BCUT2D eigenvalue weighted by Gasteiger charge is 2.26. The molecular weight excluding hydrogens is 420 g/mol. The lowest BCUT2D eigenvalue weighted by molar-refractivity contribution is -0.142. The van der Waals surface area contributed by atoms with Gasteiger partial charge in [-0.2, -0.15) is 0 Å². The lowest BCUT2D eigenvalue weighted by Gasteiger charge is -2.28. The van der Waals surface area contributed by atoms with E-state index < -0.39 is 6.04 Å². The van der Waals surface area contributed by atoms with Crippen LogP contribution in [0.15, 0.2) is 46.9 Å². The molecule has 150 valence electrons. The van der Waals surface area contributed by atoms with E-state index >= 15 is 0 Å². The van der Waals surface area contributed by atoms with Gasteiger partial charge in [0, 0.05) is 17.6 Å². The highest BCUT2D eigenvalue weighted by molar-refractivity contribution is 9.10. The first-order chi connectivity index (χ1) is 13.3. The van der Waals surface area contributed by atoms with E-state index in [1.807, 2.05) is 63.2 Å². The first kappa shape index (κ1) is 22.0. The van der Waals surface area contributed by atoms with Crippen LogP contribution in [0.25, 0.3) is 0 Å². The Morgan fingerprint density at radius 2 is 1.93 bits per heavy atom. The number of hydrogen-bond acceptors (Lipinski definition) is 3. The molecule has 1 atom stereocenters. The Labute approximate surface area is 175 Å². The first-order valence-electron chi connectivity index (χ1n) is 9.33. The number of carbonyl (C=O) groups excluding carboxylic acids is 2. The summed E-state index contributed by atoms with van der Waals surface area (Å²) >= 11 is 3.45. The fraction of sp³-hybridized carbons (Fsp3) is 0.364. The van der Waals surface area contributed by atoms with Crippen LogP contribution in [0.4, 0.5) is 0 Å². The summed E-state index contributed by atoms with van der Waals surface area (Å²) in [4.78, 5) is 26.9. The number of hydrogen-bond donors (Lipinski definition) is 1. The molecule has 0 spiro atoms. The van der Waals surface area contributed by atoms with Gasteiger partial charge in [0.2, 0.25) is 5.91 Å². The molecule has 0 aliphatic carbocycles. The van der Waals surface area contributed by atoms with Crippen LogP contribution in [-0.2, 0) is 16.1 Å². The number of likely N-dealkylation sites (N-methyl/N-ethyl adjacent to an activating group) is 1. The van der Waals surface area contributed by atoms with Gasteiger partial charge in [0.05, 0.1) is 0 Å². The summed E-state index contributed by atoms with van der Waals surface area (Å²) in [5.74, 6) is 0.263. The third kappa shape index (κ3) is 6.09. The van der Waals surface area contributed by atoms with E-state index in [1.165, 1.54) is 0 Å². The fourth-order valence-corrected chi connectivity index (χ4v) is 3.27. The van der Waals surface area contributed by atoms with Crippen molar-refractivity contribution in [1.82, 2.24) is 10.2 Å². The topological polar surface area (TPSA) is 58.6 Å². The summed E-state index contributed by atoms with van der Waals surface area (Å²) in [5, 5.41) is 2.79. The van der Waals surface area contributed by atoms with Gasteiger partial charge in [-0.3, -0.25) is 9.59 Å². The molecule has 1 N–H and O–H groups in total. The van der Waals surface area contributed by atoms with E-state index in [2.05, 4.69) is 21.2 Å². The van der Waals surface area contributed by atoms with Crippen molar-refractivity contribution in [2.75, 3.05) is 13.2 Å². The summed E-state index contributed by atoms with van der Waals surface area (Å²) in [6, 6.07) is 13.0. The average Bonchev–Trinajstić information content (AvgIpc) is 2.66. The molecule has 0 aromatic heterocycles. The van der Waals surface area contributed by atoms with Gasteiger partial charge in [-0.25, -0.2) is 0 Å². The van der Waals surface area contributed by atoms with E-state index in [0.717, 1.165) is 21.2 Å². The molecule has 2 aromatic rings. The van der Waals surface area contributed by atoms with Crippen molar-refractivity contribution in [3.05, 3.63) is 63.6 Å². The largest absolute Gasteiger partial charge is 0.483 e. The second kappa shape index (κ2) is 10.3. The molecule has 0 saturated heterocycles. The Bertz CT molecular complexity index is 838. The molecule has 0 radical (unpaired) electrons. The quantitative estimate of drug-likeness (QED) is 0.666. The maximum Gasteiger partial charge on any atom is 0.261 e. The van der Waals surface area contributed by atoms with Gasteiger partial charge in [-0.05, 0) is 62.6 Å². The lowest BCUT2D eigenvalue weighted by Crippen LogP contribution is -2.49. The number of rotatable bonds is 8. The van der Waals surface area contributed by atoms with Crippen molar-refractivity contribution in [2.24, 2.45) is 0 Å². The normalized spacial score (nSPS) is 11.6. The summed E-state index contributed by atoms with van der Waals surface area (Å²) < 4.78 is 6.71. The maximum absolute atomic E-state index is 13.0. The van der Waals surface area contributed by atoms with Crippen LogP contribution in [0.3, 0.4) is 0 Å². The average molecular weight is 447 g/mol. The Morgan fingerprint density at radius 1 is 1.18 bits per heavy atom. The van der Waals surface area contributed by atoms with Crippen LogP contribution in [0.2, 0.25) is 0 Å². The number of ether oxygens (including phenoxy) is 1. The maximum atomic E-state index is 13.0. The number of amides is 2. The number of carbonyl (C=O) groups is 2. The van der Waals surface area contributed by atoms with Crippen LogP contribution < -0.4 is 10.1 Å². The van der Waals surface area contributed by atoms with Crippen LogP contribution in [0.1, 0.15) is 30.5 Å². The first-order valence-corrected chi connectivity index (χ1v) is 10.1. The summed E-state index contributed by atoms with van der Waals surface area (Å²) in [7, 11) is 0. The second-order valence-electron chi connectivity index (χ2n) is 6.78. The molecule has 0 aliphatic rings. The standard InChI is InChI=1S/C22H27BrN2O3/c1-5-24-22(27)17(4)25(13-18-7-6-8-19(23)12-18)21(26)14-28-20-11-15(2)9-10-16(20)3/h6-12,17H,5,13-14H2,1-4H3,(H,24,27). The van der Waals surface area contributed by atoms with Gasteiger partial charge < -0.3 is 15.0 Å². The molecule has 0 fully saturated rings. The Morgan fingerprint density at radius 3 is 2.61 bits per heavy atom. The van der Waals surface area contributed by atoms with Crippen LogP contribution in [0, 0.1) is 13.8 Å². The molecule has 0 aliphatic heterocycles. The summed E-state index contributed by atoms with van der Waals surface area (Å²) in [6.45, 7) is 8.23. The fourth-order valence-electron chi connectivity index (χ4n) is 2.82. The van der Waals surface area contributed by atoms with Crippen molar-refractivity contribution >= 4 is 27.7 Å². The molecule has 0 bridgehead atoms. The predicted octanol–water partition coefficient (Wildman–Crippen LogP) is 4.00. The zero-order valence-electron chi connectivity index (χ0n) is 16.8. The van der Waals surface area contributed by atoms with Gasteiger partial charge in [0.1, 0.15) is 11.8 Å². The Hall–Kier alpha value is -2.34. The van der Waals surface area contributed by atoms with Crippen molar-refractivity contribution in [3.8, 4) is 5.75 Å². The third-order valence-corrected chi connectivity index (χ3v) is 4.95. The molecular formula is C22H27BrN2O3. The molecule has 2 amide bonds. The van der Waals surface area contributed by atoms with Crippen LogP contribution in [0.5, 0.6) is 5.75 Å². The third-order valence-electron chi connectivity index (χ3n) is 4.46.